The van der Waals surface area contributed by atoms with E-state index in [1.54, 1.807) is 0 Å². The van der Waals surface area contributed by atoms with Crippen LogP contribution in [-0.2, 0) is 4.79 Å². The lowest BCUT2D eigenvalue weighted by molar-refractivity contribution is -0.126. The van der Waals surface area contributed by atoms with Gasteiger partial charge in [-0.3, -0.25) is 9.69 Å². The van der Waals surface area contributed by atoms with Crippen LogP contribution in [0.15, 0.2) is 0 Å². The lowest BCUT2D eigenvalue weighted by Crippen LogP contribution is -2.50. The molecule has 2 atom stereocenters. The van der Waals surface area contributed by atoms with Crippen molar-refractivity contribution in [1.29, 1.82) is 0 Å². The van der Waals surface area contributed by atoms with Gasteiger partial charge in [0, 0.05) is 25.6 Å². The molecule has 1 aliphatic carbocycles. The molecule has 1 saturated heterocycles. The van der Waals surface area contributed by atoms with E-state index < -0.39 is 6.17 Å². The minimum atomic E-state index is -0.730. The quantitative estimate of drug-likeness (QED) is 0.739. The van der Waals surface area contributed by atoms with Gasteiger partial charge in [0.05, 0.1) is 6.17 Å². The standard InChI is InChI=1S/C13H24FN3O/c14-11-6-7-17(8-11)9-12(15)16-13(18)10-4-2-1-3-5-10/h10-12H,1-9,15H2,(H,16,18)/t11-,12?/m1/s1. The molecule has 3 N–H and O–H groups in total. The second kappa shape index (κ2) is 6.48. The second-order valence-electron chi connectivity index (χ2n) is 5.60. The largest absolute Gasteiger partial charge is 0.339 e. The zero-order chi connectivity index (χ0) is 13.0. The zero-order valence-corrected chi connectivity index (χ0v) is 10.9. The normalized spacial score (nSPS) is 28.2. The summed E-state index contributed by atoms with van der Waals surface area (Å²) in [5, 5.41) is 2.87. The highest BCUT2D eigenvalue weighted by Gasteiger charge is 2.25. The number of alkyl halides is 1. The number of halogens is 1. The third kappa shape index (κ3) is 3.92. The lowest BCUT2D eigenvalue weighted by atomic mass is 9.88. The number of amides is 1. The highest BCUT2D eigenvalue weighted by Crippen LogP contribution is 2.23. The monoisotopic (exact) mass is 257 g/mol. The molecule has 0 aromatic carbocycles. The Labute approximate surface area is 108 Å². The van der Waals surface area contributed by atoms with Crippen LogP contribution in [0.2, 0.25) is 0 Å². The Kier molecular flexibility index (Phi) is 4.95. The van der Waals surface area contributed by atoms with E-state index in [0.717, 1.165) is 32.2 Å². The van der Waals surface area contributed by atoms with Gasteiger partial charge in [-0.2, -0.15) is 0 Å². The van der Waals surface area contributed by atoms with E-state index in [0.29, 0.717) is 19.5 Å². The molecule has 1 aliphatic heterocycles. The van der Waals surface area contributed by atoms with Crippen LogP contribution in [0.4, 0.5) is 4.39 Å². The van der Waals surface area contributed by atoms with E-state index in [4.69, 9.17) is 5.73 Å². The highest BCUT2D eigenvalue weighted by atomic mass is 19.1. The van der Waals surface area contributed by atoms with E-state index in [1.165, 1.54) is 6.42 Å². The maximum Gasteiger partial charge on any atom is 0.224 e. The molecule has 0 aromatic heterocycles. The summed E-state index contributed by atoms with van der Waals surface area (Å²) in [6.45, 7) is 1.75. The van der Waals surface area contributed by atoms with E-state index in [-0.39, 0.29) is 18.0 Å². The average Bonchev–Trinajstić information content (AvgIpc) is 2.75. The van der Waals surface area contributed by atoms with Gasteiger partial charge in [-0.05, 0) is 19.3 Å². The Morgan fingerprint density at radius 3 is 2.67 bits per heavy atom. The molecule has 0 aromatic rings. The Morgan fingerprint density at radius 1 is 1.33 bits per heavy atom. The molecule has 1 amide bonds. The third-order valence-corrected chi connectivity index (χ3v) is 3.97. The lowest BCUT2D eigenvalue weighted by Gasteiger charge is -2.25. The average molecular weight is 257 g/mol. The summed E-state index contributed by atoms with van der Waals surface area (Å²) in [5.74, 6) is 0.218. The number of hydrogen-bond acceptors (Lipinski definition) is 3. The number of carbonyl (C=O) groups is 1. The molecule has 2 aliphatic rings. The van der Waals surface area contributed by atoms with Crippen molar-refractivity contribution in [3.63, 3.8) is 0 Å². The number of nitrogens with one attached hydrogen (secondary N) is 1. The molecule has 0 bridgehead atoms. The summed E-state index contributed by atoms with van der Waals surface area (Å²) in [7, 11) is 0. The molecular weight excluding hydrogens is 233 g/mol. The summed E-state index contributed by atoms with van der Waals surface area (Å²) in [4.78, 5) is 13.9. The number of likely N-dealkylation sites (tertiary alicyclic amines) is 1. The summed E-state index contributed by atoms with van der Waals surface area (Å²) in [5.41, 5.74) is 5.91. The summed E-state index contributed by atoms with van der Waals surface area (Å²) in [6, 6.07) is 0. The Bertz CT molecular complexity index is 281. The maximum atomic E-state index is 13.0. The predicted octanol–water partition coefficient (Wildman–Crippen LogP) is 1.01. The smallest absolute Gasteiger partial charge is 0.224 e. The van der Waals surface area contributed by atoms with Crippen LogP contribution >= 0.6 is 0 Å². The van der Waals surface area contributed by atoms with Crippen molar-refractivity contribution < 1.29 is 9.18 Å². The van der Waals surface area contributed by atoms with Crippen molar-refractivity contribution in [2.75, 3.05) is 19.6 Å². The Hall–Kier alpha value is -0.680. The van der Waals surface area contributed by atoms with Crippen LogP contribution in [0, 0.1) is 5.92 Å². The molecule has 5 heteroatoms. The molecule has 0 spiro atoms. The van der Waals surface area contributed by atoms with Crippen LogP contribution in [0.3, 0.4) is 0 Å². The van der Waals surface area contributed by atoms with E-state index in [9.17, 15) is 9.18 Å². The number of nitrogens with zero attached hydrogens (tertiary/aromatic N) is 1. The molecule has 2 fully saturated rings. The van der Waals surface area contributed by atoms with Crippen molar-refractivity contribution >= 4 is 5.91 Å². The highest BCUT2D eigenvalue weighted by molar-refractivity contribution is 5.78. The maximum absolute atomic E-state index is 13.0. The van der Waals surface area contributed by atoms with Crippen LogP contribution in [-0.4, -0.2) is 42.8 Å². The predicted molar refractivity (Wildman–Crippen MR) is 68.6 cm³/mol. The molecule has 4 nitrogen and oxygen atoms in total. The molecule has 1 heterocycles. The molecule has 1 saturated carbocycles. The van der Waals surface area contributed by atoms with Gasteiger partial charge in [0.25, 0.3) is 0 Å². The first-order valence-electron chi connectivity index (χ1n) is 7.07. The van der Waals surface area contributed by atoms with Crippen LogP contribution in [0.5, 0.6) is 0 Å². The van der Waals surface area contributed by atoms with Crippen molar-refractivity contribution in [3.8, 4) is 0 Å². The van der Waals surface area contributed by atoms with E-state index >= 15 is 0 Å². The summed E-state index contributed by atoms with van der Waals surface area (Å²) < 4.78 is 13.0. The molecule has 104 valence electrons. The number of carbonyl (C=O) groups excluding carboxylic acids is 1. The van der Waals surface area contributed by atoms with E-state index in [1.807, 2.05) is 4.90 Å². The Morgan fingerprint density at radius 2 is 2.06 bits per heavy atom. The van der Waals surface area contributed by atoms with Gasteiger partial charge in [-0.15, -0.1) is 0 Å². The van der Waals surface area contributed by atoms with Crippen molar-refractivity contribution in [3.05, 3.63) is 0 Å². The molecule has 2 rings (SSSR count). The molecule has 1 unspecified atom stereocenters. The number of nitrogens with two attached hydrogens (primary N) is 1. The van der Waals surface area contributed by atoms with Crippen molar-refractivity contribution in [1.82, 2.24) is 10.2 Å². The van der Waals surface area contributed by atoms with Crippen LogP contribution in [0.1, 0.15) is 38.5 Å². The first-order valence-corrected chi connectivity index (χ1v) is 7.07. The van der Waals surface area contributed by atoms with Gasteiger partial charge < -0.3 is 11.1 Å². The third-order valence-electron chi connectivity index (χ3n) is 3.97. The fourth-order valence-corrected chi connectivity index (χ4v) is 2.94. The first-order chi connectivity index (χ1) is 8.65. The van der Waals surface area contributed by atoms with Gasteiger partial charge in [0.1, 0.15) is 6.17 Å². The van der Waals surface area contributed by atoms with Crippen LogP contribution in [0.25, 0.3) is 0 Å². The van der Waals surface area contributed by atoms with Gasteiger partial charge in [-0.1, -0.05) is 19.3 Å². The van der Waals surface area contributed by atoms with Crippen molar-refractivity contribution in [2.45, 2.75) is 50.9 Å². The zero-order valence-electron chi connectivity index (χ0n) is 10.9. The molecular formula is C13H24FN3O. The SMILES string of the molecule is NC(CN1CC[C@@H](F)C1)NC(=O)C1CCCCC1. The van der Waals surface area contributed by atoms with E-state index in [2.05, 4.69) is 5.32 Å². The van der Waals surface area contributed by atoms with Gasteiger partial charge in [-0.25, -0.2) is 4.39 Å². The summed E-state index contributed by atoms with van der Waals surface area (Å²) in [6.07, 6.45) is 4.97. The van der Waals surface area contributed by atoms with Crippen LogP contribution < -0.4 is 11.1 Å². The fourth-order valence-electron chi connectivity index (χ4n) is 2.94. The second-order valence-corrected chi connectivity index (χ2v) is 5.60. The topological polar surface area (TPSA) is 58.4 Å². The molecule has 0 radical (unpaired) electrons. The minimum absolute atomic E-state index is 0.0817. The van der Waals surface area contributed by atoms with Crippen molar-refractivity contribution in [2.24, 2.45) is 11.7 Å². The number of rotatable bonds is 4. The number of hydrogen-bond donors (Lipinski definition) is 2. The van der Waals surface area contributed by atoms with Gasteiger partial charge >= 0.3 is 0 Å². The molecule has 18 heavy (non-hydrogen) atoms. The van der Waals surface area contributed by atoms with Gasteiger partial charge in [0.15, 0.2) is 0 Å². The van der Waals surface area contributed by atoms with Gasteiger partial charge in [0.2, 0.25) is 5.91 Å². The Balaban J connectivity index is 1.69. The fraction of sp³-hybridized carbons (Fsp3) is 0.923. The first kappa shape index (κ1) is 13.7. The summed E-state index contributed by atoms with van der Waals surface area (Å²) >= 11 is 0. The minimum Gasteiger partial charge on any atom is -0.339 e.